The van der Waals surface area contributed by atoms with Crippen LogP contribution in [0.4, 0.5) is 0 Å². The van der Waals surface area contributed by atoms with Crippen molar-refractivity contribution >= 4 is 29.5 Å². The molecule has 2 aromatic rings. The predicted molar refractivity (Wildman–Crippen MR) is 128 cm³/mol. The fourth-order valence-corrected chi connectivity index (χ4v) is 5.03. The molecule has 0 aliphatic carbocycles. The lowest BCUT2D eigenvalue weighted by atomic mass is 10.1. The van der Waals surface area contributed by atoms with Crippen LogP contribution in [0.3, 0.4) is 0 Å². The minimum absolute atomic E-state index is 0.229. The normalized spacial score (nSPS) is 19.4. The van der Waals surface area contributed by atoms with E-state index in [1.54, 1.807) is 45.4 Å². The summed E-state index contributed by atoms with van der Waals surface area (Å²) >= 11 is 1.19. The van der Waals surface area contributed by atoms with Crippen LogP contribution in [0.5, 0.6) is 11.5 Å². The lowest BCUT2D eigenvalue weighted by Gasteiger charge is -2.35. The van der Waals surface area contributed by atoms with Crippen LogP contribution < -0.4 is 20.1 Å². The minimum Gasteiger partial charge on any atom is -0.497 e. The maximum absolute atomic E-state index is 13.1. The molecule has 0 bridgehead atoms. The van der Waals surface area contributed by atoms with Crippen molar-refractivity contribution < 1.29 is 29.0 Å². The number of hydrogen-bond acceptors (Lipinski definition) is 7. The first-order valence-electron chi connectivity index (χ1n) is 10.7. The van der Waals surface area contributed by atoms with Crippen LogP contribution in [0, 0.1) is 0 Å². The van der Waals surface area contributed by atoms with Crippen LogP contribution in [0.25, 0.3) is 0 Å². The molecule has 0 saturated carbocycles. The number of rotatable bonds is 9. The highest BCUT2D eigenvalue weighted by Crippen LogP contribution is 2.40. The van der Waals surface area contributed by atoms with E-state index in [4.69, 9.17) is 9.47 Å². The summed E-state index contributed by atoms with van der Waals surface area (Å²) in [6, 6.07) is 13.6. The van der Waals surface area contributed by atoms with Crippen LogP contribution in [-0.2, 0) is 27.5 Å². The third-order valence-electron chi connectivity index (χ3n) is 5.66. The topological polar surface area (TPSA) is 117 Å². The van der Waals surface area contributed by atoms with E-state index >= 15 is 0 Å². The second-order valence-electron chi connectivity index (χ2n) is 7.83. The van der Waals surface area contributed by atoms with Crippen LogP contribution in [-0.4, -0.2) is 65.2 Å². The standard InChI is InChI=1S/C24H29N3O6S/c1-24(23(31)26-13-17-6-10-19(33-3)11-7-17)27(21(29)14-28)20(15-34-24)22(30)25-12-16-4-8-18(32-2)9-5-16/h4-11,20,28H,12-15H2,1-3H3,(H,25,30)(H,26,31). The Bertz CT molecular complexity index is 1010. The fraction of sp³-hybridized carbons (Fsp3) is 0.375. The van der Waals surface area contributed by atoms with E-state index in [1.807, 2.05) is 24.3 Å². The molecule has 0 aromatic heterocycles. The Kier molecular flexibility index (Phi) is 8.41. The van der Waals surface area contributed by atoms with Gasteiger partial charge in [-0.15, -0.1) is 11.8 Å². The van der Waals surface area contributed by atoms with Gasteiger partial charge < -0.3 is 30.1 Å². The van der Waals surface area contributed by atoms with E-state index in [9.17, 15) is 19.5 Å². The van der Waals surface area contributed by atoms with Gasteiger partial charge >= 0.3 is 0 Å². The Morgan fingerprint density at radius 2 is 1.47 bits per heavy atom. The summed E-state index contributed by atoms with van der Waals surface area (Å²) in [7, 11) is 3.15. The minimum atomic E-state index is -1.34. The molecule has 2 atom stereocenters. The SMILES string of the molecule is COc1ccc(CNC(=O)C2CSC(C)(C(=O)NCc3ccc(OC)cc3)N2C(=O)CO)cc1. The zero-order chi connectivity index (χ0) is 24.7. The highest BCUT2D eigenvalue weighted by Gasteiger charge is 2.53. The highest BCUT2D eigenvalue weighted by molar-refractivity contribution is 8.01. The quantitative estimate of drug-likeness (QED) is 0.488. The number of methoxy groups -OCH3 is 2. The van der Waals surface area contributed by atoms with Gasteiger partial charge in [-0.05, 0) is 42.3 Å². The summed E-state index contributed by atoms with van der Waals surface area (Å²) in [4.78, 5) is 38.5. The van der Waals surface area contributed by atoms with Crippen LogP contribution in [0.2, 0.25) is 0 Å². The summed E-state index contributed by atoms with van der Waals surface area (Å²) in [6.45, 7) is 1.29. The first-order valence-corrected chi connectivity index (χ1v) is 11.7. The van der Waals surface area contributed by atoms with Gasteiger partial charge in [0, 0.05) is 18.8 Å². The first kappa shape index (κ1) is 25.4. The van der Waals surface area contributed by atoms with Gasteiger partial charge in [0.1, 0.15) is 24.1 Å². The van der Waals surface area contributed by atoms with E-state index in [0.29, 0.717) is 11.5 Å². The number of ether oxygens (including phenoxy) is 2. The Hall–Kier alpha value is -3.24. The van der Waals surface area contributed by atoms with Crippen LogP contribution in [0.1, 0.15) is 18.1 Å². The summed E-state index contributed by atoms with van der Waals surface area (Å²) in [5.74, 6) is 0.149. The molecule has 34 heavy (non-hydrogen) atoms. The molecular weight excluding hydrogens is 458 g/mol. The Labute approximate surface area is 202 Å². The molecule has 0 radical (unpaired) electrons. The predicted octanol–water partition coefficient (Wildman–Crippen LogP) is 1.29. The molecule has 9 nitrogen and oxygen atoms in total. The zero-order valence-corrected chi connectivity index (χ0v) is 20.2. The van der Waals surface area contributed by atoms with Gasteiger partial charge in [-0.2, -0.15) is 0 Å². The van der Waals surface area contributed by atoms with Crippen molar-refractivity contribution in [3.8, 4) is 11.5 Å². The second-order valence-corrected chi connectivity index (χ2v) is 9.25. The average Bonchev–Trinajstić information content (AvgIpc) is 3.24. The van der Waals surface area contributed by atoms with E-state index in [1.165, 1.54) is 16.7 Å². The number of carbonyl (C=O) groups excluding carboxylic acids is 3. The summed E-state index contributed by atoms with van der Waals surface area (Å²) in [5.41, 5.74) is 1.72. The van der Waals surface area contributed by atoms with Gasteiger partial charge in [0.2, 0.25) is 5.91 Å². The molecule has 1 aliphatic heterocycles. The number of aliphatic hydroxyl groups is 1. The third kappa shape index (κ3) is 5.63. The molecule has 0 spiro atoms. The molecule has 3 N–H and O–H groups in total. The van der Waals surface area contributed by atoms with Gasteiger partial charge in [0.05, 0.1) is 14.2 Å². The van der Waals surface area contributed by atoms with Gasteiger partial charge in [-0.1, -0.05) is 24.3 Å². The summed E-state index contributed by atoms with van der Waals surface area (Å²) in [5, 5.41) is 15.2. The van der Waals surface area contributed by atoms with Crippen molar-refractivity contribution in [1.29, 1.82) is 0 Å². The van der Waals surface area contributed by atoms with Crippen LogP contribution in [0.15, 0.2) is 48.5 Å². The lowest BCUT2D eigenvalue weighted by molar-refractivity contribution is -0.149. The van der Waals surface area contributed by atoms with Gasteiger partial charge in [-0.25, -0.2) is 0 Å². The Morgan fingerprint density at radius 1 is 0.971 bits per heavy atom. The van der Waals surface area contributed by atoms with Crippen LogP contribution >= 0.6 is 11.8 Å². The molecule has 3 rings (SSSR count). The van der Waals surface area contributed by atoms with E-state index in [0.717, 1.165) is 11.1 Å². The van der Waals surface area contributed by atoms with Crippen molar-refractivity contribution in [3.05, 3.63) is 59.7 Å². The number of nitrogens with one attached hydrogen (secondary N) is 2. The smallest absolute Gasteiger partial charge is 0.256 e. The molecule has 3 amide bonds. The molecule has 1 heterocycles. The van der Waals surface area contributed by atoms with Crippen molar-refractivity contribution in [1.82, 2.24) is 15.5 Å². The third-order valence-corrected chi connectivity index (χ3v) is 7.09. The van der Waals surface area contributed by atoms with E-state index < -0.39 is 35.2 Å². The molecule has 2 unspecified atom stereocenters. The largest absolute Gasteiger partial charge is 0.497 e. The summed E-state index contributed by atoms with van der Waals surface area (Å²) < 4.78 is 10.3. The zero-order valence-electron chi connectivity index (χ0n) is 19.4. The Morgan fingerprint density at radius 3 is 1.94 bits per heavy atom. The molecule has 1 saturated heterocycles. The number of hydrogen-bond donors (Lipinski definition) is 3. The maximum Gasteiger partial charge on any atom is 0.256 e. The molecule has 1 fully saturated rings. The number of amides is 3. The molecule has 1 aliphatic rings. The number of carbonyl (C=O) groups is 3. The van der Waals surface area contributed by atoms with E-state index in [-0.39, 0.29) is 18.8 Å². The first-order chi connectivity index (χ1) is 16.3. The molecule has 2 aromatic carbocycles. The number of nitrogens with zero attached hydrogens (tertiary/aromatic N) is 1. The Balaban J connectivity index is 1.67. The number of thioether (sulfide) groups is 1. The molecular formula is C24H29N3O6S. The lowest BCUT2D eigenvalue weighted by Crippen LogP contribution is -2.59. The number of aliphatic hydroxyl groups excluding tert-OH is 1. The molecule has 10 heteroatoms. The van der Waals surface area contributed by atoms with Crippen molar-refractivity contribution in [2.24, 2.45) is 0 Å². The van der Waals surface area contributed by atoms with Gasteiger partial charge in [0.25, 0.3) is 11.8 Å². The number of benzene rings is 2. The average molecular weight is 488 g/mol. The van der Waals surface area contributed by atoms with Gasteiger partial charge in [0.15, 0.2) is 4.87 Å². The van der Waals surface area contributed by atoms with E-state index in [2.05, 4.69) is 10.6 Å². The second kappa shape index (κ2) is 11.3. The van der Waals surface area contributed by atoms with Crippen molar-refractivity contribution in [3.63, 3.8) is 0 Å². The van der Waals surface area contributed by atoms with Crippen molar-refractivity contribution in [2.75, 3.05) is 26.6 Å². The van der Waals surface area contributed by atoms with Gasteiger partial charge in [-0.3, -0.25) is 14.4 Å². The molecule has 182 valence electrons. The summed E-state index contributed by atoms with van der Waals surface area (Å²) in [6.07, 6.45) is 0. The fourth-order valence-electron chi connectivity index (χ4n) is 3.68. The monoisotopic (exact) mass is 487 g/mol. The van der Waals surface area contributed by atoms with Crippen molar-refractivity contribution in [2.45, 2.75) is 30.9 Å². The highest BCUT2D eigenvalue weighted by atomic mass is 32.2. The maximum atomic E-state index is 13.1.